The fourth-order valence-corrected chi connectivity index (χ4v) is 8.29. The van der Waals surface area contributed by atoms with Gasteiger partial charge in [-0.15, -0.1) is 12.4 Å². The third kappa shape index (κ3) is 30.6. The van der Waals surface area contributed by atoms with Crippen molar-refractivity contribution in [3.63, 3.8) is 0 Å². The molecule has 0 saturated heterocycles. The highest BCUT2D eigenvalue weighted by molar-refractivity contribution is 9.11. The Balaban J connectivity index is -0.00000113. The predicted octanol–water partition coefficient (Wildman–Crippen LogP) is 16.0. The minimum absolute atomic E-state index is 0. The van der Waals surface area contributed by atoms with Gasteiger partial charge in [0.25, 0.3) is 5.91 Å². The number of hydrogen-bond donors (Lipinski definition) is 6. The molecule has 2 aromatic heterocycles. The first kappa shape index (κ1) is 91.9. The molecule has 0 aliphatic heterocycles. The van der Waals surface area contributed by atoms with E-state index >= 15 is 0 Å². The number of halogens is 14. The number of ether oxygens (including phenoxy) is 5. The molecular weight excluding hydrogens is 1430 g/mol. The summed E-state index contributed by atoms with van der Waals surface area (Å²) in [6, 6.07) is 25.6. The second-order valence-corrected chi connectivity index (χ2v) is 20.3. The monoisotopic (exact) mass is 1500 g/mol. The van der Waals surface area contributed by atoms with Crippen LogP contribution in [0, 0.1) is 23.3 Å². The van der Waals surface area contributed by atoms with Gasteiger partial charge in [0.1, 0.15) is 75.0 Å². The number of nitrogens with one attached hydrogen (secondary N) is 3. The van der Waals surface area contributed by atoms with Gasteiger partial charge in [-0.1, -0.05) is 54.0 Å². The van der Waals surface area contributed by atoms with E-state index in [0.29, 0.717) is 53.5 Å². The lowest BCUT2D eigenvalue weighted by atomic mass is 10.2. The average Bonchev–Trinajstić information content (AvgIpc) is 1.83. The summed E-state index contributed by atoms with van der Waals surface area (Å²) in [6.45, 7) is -6.29. The number of rotatable bonds is 22. The molecule has 1 amide bonds. The summed E-state index contributed by atoms with van der Waals surface area (Å²) in [5.41, 5.74) is 5.70. The van der Waals surface area contributed by atoms with Gasteiger partial charge in [0.05, 0.1) is 68.3 Å². The first-order valence-electron chi connectivity index (χ1n) is 25.5. The van der Waals surface area contributed by atoms with Gasteiger partial charge in [0.15, 0.2) is 24.2 Å². The van der Waals surface area contributed by atoms with Crippen LogP contribution >= 0.6 is 35.9 Å². The van der Waals surface area contributed by atoms with Gasteiger partial charge in [0, 0.05) is 15.9 Å². The van der Waals surface area contributed by atoms with Crippen molar-refractivity contribution < 1.29 is 119 Å². The van der Waals surface area contributed by atoms with Gasteiger partial charge in [0.2, 0.25) is 0 Å². The maximum atomic E-state index is 13.4. The Labute approximate surface area is 563 Å². The zero-order valence-corrected chi connectivity index (χ0v) is 51.5. The highest BCUT2D eigenvalue weighted by Gasteiger charge is 2.51. The molecule has 0 aliphatic rings. The van der Waals surface area contributed by atoms with Crippen molar-refractivity contribution in [1.82, 2.24) is 35.7 Å². The van der Waals surface area contributed by atoms with Crippen LogP contribution < -0.4 is 34.7 Å². The number of phenols is 1. The minimum atomic E-state index is -4.32. The second-order valence-electron chi connectivity index (χ2n) is 16.6. The number of carboxylic acids is 1. The number of H-pyrrole nitrogens is 2. The Morgan fingerprint density at radius 2 is 0.990 bits per heavy atom. The van der Waals surface area contributed by atoms with Gasteiger partial charge >= 0.3 is 38.0 Å². The molecule has 8 rings (SSSR count). The number of methoxy groups -OCH3 is 2. The molecule has 8 aromatic rings. The lowest BCUT2D eigenvalue weighted by Crippen LogP contribution is -2.24. The number of para-hydroxylation sites is 2. The molecule has 0 unspecified atom stereocenters. The van der Waals surface area contributed by atoms with E-state index in [1.54, 1.807) is 31.4 Å². The van der Waals surface area contributed by atoms with E-state index in [9.17, 15) is 76.4 Å². The SMILES string of the molecule is C.C.C.C.CCOP(=O)(OCC)C(F)(F)Br.COc1ccccc1-c1n[nH]c(CN)n1.COc1ccccc1-c1n[nH]c(CNC(=O)c2cc(F)ccc2OC(F)F)n1.Cl.O=C(O)c1cc(F)ccc1OC(F)F.O=Cc1cc(F)ccc1O.O=Cc1cc(F)ccc1OC(F)F. The average molecular weight is 1500 g/mol. The highest BCUT2D eigenvalue weighted by atomic mass is 79.9. The van der Waals surface area contributed by atoms with E-state index in [-0.39, 0.29) is 96.3 Å². The van der Waals surface area contributed by atoms with E-state index in [2.05, 4.69) is 58.9 Å². The van der Waals surface area contributed by atoms with E-state index in [0.717, 1.165) is 78.0 Å². The zero-order chi connectivity index (χ0) is 68.7. The molecule has 0 atom stereocenters. The van der Waals surface area contributed by atoms with Crippen LogP contribution in [-0.2, 0) is 26.7 Å². The molecule has 0 spiro atoms. The number of benzene rings is 6. The number of amides is 1. The summed E-state index contributed by atoms with van der Waals surface area (Å²) in [5, 5.41) is 33.4. The Morgan fingerprint density at radius 1 is 0.608 bits per heavy atom. The summed E-state index contributed by atoms with van der Waals surface area (Å²) in [7, 11) is -1.18. The van der Waals surface area contributed by atoms with Gasteiger partial charge in [-0.2, -0.15) is 45.3 Å². The molecule has 536 valence electrons. The summed E-state index contributed by atoms with van der Waals surface area (Å²) >= 11 is 1.96. The Morgan fingerprint density at radius 3 is 1.38 bits per heavy atom. The number of aromatic amines is 2. The van der Waals surface area contributed by atoms with Crippen molar-refractivity contribution in [3.05, 3.63) is 178 Å². The van der Waals surface area contributed by atoms with Crippen LogP contribution in [0.2, 0.25) is 0 Å². The second kappa shape index (κ2) is 46.0. The maximum Gasteiger partial charge on any atom is 0.410 e. The number of aldehydes is 2. The van der Waals surface area contributed by atoms with Crippen molar-refractivity contribution >= 4 is 60.4 Å². The number of nitrogens with zero attached hydrogens (tertiary/aromatic N) is 4. The first-order valence-corrected chi connectivity index (χ1v) is 27.8. The number of carbonyl (C=O) groups excluding carboxylic acids is 3. The van der Waals surface area contributed by atoms with E-state index in [4.69, 9.17) is 25.4 Å². The number of hydrogen-bond acceptors (Lipinski definition) is 18. The van der Waals surface area contributed by atoms with Gasteiger partial charge in [-0.3, -0.25) is 29.1 Å². The molecule has 6 aromatic carbocycles. The van der Waals surface area contributed by atoms with Crippen LogP contribution in [-0.4, -0.2) is 117 Å². The van der Waals surface area contributed by atoms with Crippen LogP contribution in [0.25, 0.3) is 22.8 Å². The van der Waals surface area contributed by atoms with Crippen LogP contribution in [0.3, 0.4) is 0 Å². The minimum Gasteiger partial charge on any atom is -0.507 e. The third-order valence-corrected chi connectivity index (χ3v) is 13.6. The molecule has 0 radical (unpaired) electrons. The molecule has 0 fully saturated rings. The molecule has 0 aliphatic carbocycles. The quantitative estimate of drug-likeness (QED) is 0.0159. The zero-order valence-electron chi connectivity index (χ0n) is 48.2. The number of aromatic hydroxyl groups is 1. The summed E-state index contributed by atoms with van der Waals surface area (Å²) < 4.78 is 186. The molecule has 37 heteroatoms. The smallest absolute Gasteiger partial charge is 0.410 e. The largest absolute Gasteiger partial charge is 0.507 e. The van der Waals surface area contributed by atoms with Crippen LogP contribution in [0.4, 0.5) is 52.7 Å². The van der Waals surface area contributed by atoms with E-state index in [1.165, 1.54) is 21.0 Å². The lowest BCUT2D eigenvalue weighted by molar-refractivity contribution is -0.0510. The number of aromatic carboxylic acids is 1. The maximum absolute atomic E-state index is 13.4. The Kier molecular flexibility index (Phi) is 43.6. The van der Waals surface area contributed by atoms with Crippen molar-refractivity contribution in [2.45, 2.75) is 81.1 Å². The fraction of sp³-hybridized carbons (Fsp3) is 0.267. The van der Waals surface area contributed by atoms with Crippen molar-refractivity contribution in [2.24, 2.45) is 5.73 Å². The molecule has 7 N–H and O–H groups in total. The van der Waals surface area contributed by atoms with Crippen LogP contribution in [0.15, 0.2) is 121 Å². The molecule has 0 saturated carbocycles. The number of phenolic OH excluding ortho intramolecular Hbond substituents is 1. The molecule has 22 nitrogen and oxygen atoms in total. The Bertz CT molecular complexity index is 3710. The highest BCUT2D eigenvalue weighted by Crippen LogP contribution is 2.64. The third-order valence-electron chi connectivity index (χ3n) is 10.5. The van der Waals surface area contributed by atoms with Gasteiger partial charge in [-0.05, 0) is 111 Å². The number of alkyl halides is 9. The normalized spacial score (nSPS) is 10.2. The number of aromatic nitrogens is 6. The summed E-state index contributed by atoms with van der Waals surface area (Å²) in [5.74, 6) is -3.38. The molecule has 97 heavy (non-hydrogen) atoms. The van der Waals surface area contributed by atoms with Gasteiger partial charge < -0.3 is 54.0 Å². The molecule has 0 bridgehead atoms. The Hall–Kier alpha value is -9.28. The molecular formula is C60H69BrClF12N8O14P. The van der Waals surface area contributed by atoms with Gasteiger partial charge in [-0.25, -0.2) is 32.3 Å². The lowest BCUT2D eigenvalue weighted by Gasteiger charge is -2.20. The summed E-state index contributed by atoms with van der Waals surface area (Å²) in [4.78, 5) is 51.5. The topological polar surface area (TPSA) is 312 Å². The fourth-order valence-electron chi connectivity index (χ4n) is 6.62. The first-order chi connectivity index (χ1) is 43.6. The summed E-state index contributed by atoms with van der Waals surface area (Å²) in [6.07, 6.45) is 0.652. The number of carboxylic acid groups (broad SMARTS) is 1. The van der Waals surface area contributed by atoms with Crippen molar-refractivity contribution in [3.8, 4) is 57.3 Å². The predicted molar refractivity (Wildman–Crippen MR) is 340 cm³/mol. The number of nitrogens with two attached hydrogens (primary N) is 1. The van der Waals surface area contributed by atoms with E-state index in [1.807, 2.05) is 40.2 Å². The van der Waals surface area contributed by atoms with Crippen molar-refractivity contribution in [2.75, 3.05) is 27.4 Å². The van der Waals surface area contributed by atoms with E-state index < -0.39 is 84.2 Å². The standard InChI is InChI=1S/C18H15F3N4O3.C10H12N4O.C8H5F3O3.C8H5F3O2.C7H5FO2.C5H10BrF2O3P.4CH4.ClH/c1-27-13-5-3-2-4-11(13)16-23-15(24-25-16)9-22-17(26)12-8-10(19)6-7-14(12)28-18(20)21;1-15-8-5-3-2-4-7(8)10-12-9(6-11)13-14-10;9-4-1-2-6(14-8(10)11)5(3-4)7(12)13;9-6-1-2-7(13-8(10)11)5(3-6)4-12;8-6-1-2-7(10)5(3-6)4-9;1-3-10-12(9,11-4-2)5(6,7)8;;;;;/h2-8,18H,9H2,1H3,(H,22,26)(H,23,24,25);2-5H,6,11H2,1H3,(H,12,13,14);1-3,8H,(H,12,13);1-4,8H;1-4,10H;3-4H2,1-2H3;4*1H4;1H. The van der Waals surface area contributed by atoms with Crippen molar-refractivity contribution in [1.29, 1.82) is 0 Å². The van der Waals surface area contributed by atoms with Crippen LogP contribution in [0.5, 0.6) is 34.5 Å². The molecule has 2 heterocycles. The number of carbonyl (C=O) groups is 4. The van der Waals surface area contributed by atoms with Crippen LogP contribution in [0.1, 0.15) is 96.6 Å².